The molecule has 0 bridgehead atoms. The van der Waals surface area contributed by atoms with Crippen molar-refractivity contribution in [3.05, 3.63) is 140 Å². The van der Waals surface area contributed by atoms with E-state index in [2.05, 4.69) is 72.8 Å². The third-order valence-electron chi connectivity index (χ3n) is 7.49. The van der Waals surface area contributed by atoms with Crippen LogP contribution in [0.5, 0.6) is 0 Å². The number of pyridine rings is 3. The molecule has 4 aromatic carbocycles. The van der Waals surface area contributed by atoms with Gasteiger partial charge in [-0.05, 0) is 40.8 Å². The van der Waals surface area contributed by atoms with Gasteiger partial charge in [-0.3, -0.25) is 4.98 Å². The van der Waals surface area contributed by atoms with Gasteiger partial charge in [0.15, 0.2) is 11.5 Å². The van der Waals surface area contributed by atoms with E-state index in [1.165, 1.54) is 0 Å². The molecule has 4 aromatic heterocycles. The van der Waals surface area contributed by atoms with Crippen LogP contribution in [0.15, 0.2) is 140 Å². The molecule has 0 atom stereocenters. The van der Waals surface area contributed by atoms with Gasteiger partial charge in [0.2, 0.25) is 0 Å². The molecule has 0 aliphatic carbocycles. The summed E-state index contributed by atoms with van der Waals surface area (Å²) in [5, 5.41) is 8.32. The molecule has 0 fully saturated rings. The third-order valence-corrected chi connectivity index (χ3v) is 7.49. The minimum atomic E-state index is 0.640. The summed E-state index contributed by atoms with van der Waals surface area (Å²) in [6.45, 7) is 0. The van der Waals surface area contributed by atoms with Crippen molar-refractivity contribution in [3.8, 4) is 45.0 Å². The van der Waals surface area contributed by atoms with Gasteiger partial charge in [-0.15, -0.1) is 5.10 Å². The van der Waals surface area contributed by atoms with Crippen LogP contribution < -0.4 is 0 Å². The standard InChI is InChI=1S/C36H23N5/c1-3-11-24(12-4-1)27-21-31(25-13-5-2-6-14-25)36-39-35(40-41(36)23-27)26-19-20-37-33(22-26)34-30-17-8-7-15-28(30)29-16-9-10-18-32(29)38-34/h1-23H. The van der Waals surface area contributed by atoms with E-state index in [9.17, 15) is 0 Å². The lowest BCUT2D eigenvalue weighted by atomic mass is 10.0. The summed E-state index contributed by atoms with van der Waals surface area (Å²) < 4.78 is 1.89. The molecule has 41 heavy (non-hydrogen) atoms. The predicted octanol–water partition coefficient (Wildman–Crippen LogP) is 8.49. The average Bonchev–Trinajstić information content (AvgIpc) is 3.49. The van der Waals surface area contributed by atoms with Crippen LogP contribution in [0.25, 0.3) is 72.4 Å². The van der Waals surface area contributed by atoms with Crippen molar-refractivity contribution in [3.63, 3.8) is 0 Å². The Morgan fingerprint density at radius 3 is 2.00 bits per heavy atom. The van der Waals surface area contributed by atoms with Crippen LogP contribution in [-0.4, -0.2) is 24.6 Å². The van der Waals surface area contributed by atoms with Crippen LogP contribution >= 0.6 is 0 Å². The molecule has 0 aliphatic heterocycles. The van der Waals surface area contributed by atoms with Gasteiger partial charge < -0.3 is 0 Å². The largest absolute Gasteiger partial charge is 0.255 e. The highest BCUT2D eigenvalue weighted by atomic mass is 15.3. The number of fused-ring (bicyclic) bond motifs is 4. The van der Waals surface area contributed by atoms with Gasteiger partial charge in [0.1, 0.15) is 0 Å². The lowest BCUT2D eigenvalue weighted by molar-refractivity contribution is 0.968. The van der Waals surface area contributed by atoms with E-state index in [-0.39, 0.29) is 0 Å². The summed E-state index contributed by atoms with van der Waals surface area (Å²) in [6.07, 6.45) is 3.86. The number of hydrogen-bond donors (Lipinski definition) is 0. The van der Waals surface area contributed by atoms with Crippen molar-refractivity contribution in [1.29, 1.82) is 0 Å². The maximum atomic E-state index is 5.04. The molecule has 0 N–H and O–H groups in total. The maximum absolute atomic E-state index is 5.04. The first-order chi connectivity index (χ1) is 20.3. The SMILES string of the molecule is c1ccc(-c2cc(-c3ccccc3)c3nc(-c4ccnc(-c5nc6ccccc6c6ccccc56)c4)nn3c2)cc1. The van der Waals surface area contributed by atoms with Crippen LogP contribution in [-0.2, 0) is 0 Å². The molecule has 0 unspecified atom stereocenters. The van der Waals surface area contributed by atoms with Crippen molar-refractivity contribution in [2.24, 2.45) is 0 Å². The van der Waals surface area contributed by atoms with E-state index >= 15 is 0 Å². The quantitative estimate of drug-likeness (QED) is 0.216. The molecule has 8 rings (SSSR count). The molecule has 192 valence electrons. The first kappa shape index (κ1) is 23.2. The number of nitrogens with zero attached hydrogens (tertiary/aromatic N) is 5. The van der Waals surface area contributed by atoms with E-state index in [0.29, 0.717) is 5.82 Å². The molecule has 4 heterocycles. The van der Waals surface area contributed by atoms with Crippen molar-refractivity contribution in [1.82, 2.24) is 24.6 Å². The smallest absolute Gasteiger partial charge is 0.182 e. The lowest BCUT2D eigenvalue weighted by Crippen LogP contribution is -1.93. The molecule has 0 saturated heterocycles. The molecular weight excluding hydrogens is 502 g/mol. The molecule has 0 radical (unpaired) electrons. The minimum absolute atomic E-state index is 0.640. The summed E-state index contributed by atoms with van der Waals surface area (Å²) >= 11 is 0. The second kappa shape index (κ2) is 9.50. The zero-order valence-corrected chi connectivity index (χ0v) is 22.0. The summed E-state index contributed by atoms with van der Waals surface area (Å²) in [7, 11) is 0. The van der Waals surface area contributed by atoms with Crippen molar-refractivity contribution in [2.75, 3.05) is 0 Å². The summed E-state index contributed by atoms with van der Waals surface area (Å²) in [4.78, 5) is 14.8. The highest BCUT2D eigenvalue weighted by Gasteiger charge is 2.16. The van der Waals surface area contributed by atoms with Crippen LogP contribution in [0.2, 0.25) is 0 Å². The minimum Gasteiger partial charge on any atom is -0.255 e. The Hall–Kier alpha value is -5.68. The van der Waals surface area contributed by atoms with E-state index in [0.717, 1.165) is 66.5 Å². The number of para-hydroxylation sites is 1. The normalized spacial score (nSPS) is 11.4. The molecule has 0 saturated carbocycles. The number of aromatic nitrogens is 5. The van der Waals surface area contributed by atoms with Crippen LogP contribution in [0.1, 0.15) is 0 Å². The van der Waals surface area contributed by atoms with E-state index in [1.54, 1.807) is 0 Å². The zero-order chi connectivity index (χ0) is 27.2. The maximum Gasteiger partial charge on any atom is 0.182 e. The Balaban J connectivity index is 1.31. The zero-order valence-electron chi connectivity index (χ0n) is 22.0. The average molecular weight is 526 g/mol. The fourth-order valence-electron chi connectivity index (χ4n) is 5.53. The molecule has 0 spiro atoms. The molecule has 0 aliphatic rings. The molecule has 0 amide bonds. The van der Waals surface area contributed by atoms with Gasteiger partial charge in [0, 0.05) is 39.9 Å². The third kappa shape index (κ3) is 4.03. The molecular formula is C36H23N5. The Labute approximate surface area is 236 Å². The first-order valence-electron chi connectivity index (χ1n) is 13.6. The van der Waals surface area contributed by atoms with Gasteiger partial charge in [-0.2, -0.15) is 0 Å². The molecule has 5 nitrogen and oxygen atoms in total. The summed E-state index contributed by atoms with van der Waals surface area (Å²) in [5.41, 5.74) is 8.60. The Bertz CT molecular complexity index is 2200. The van der Waals surface area contributed by atoms with E-state index in [1.807, 2.05) is 71.5 Å². The predicted molar refractivity (Wildman–Crippen MR) is 165 cm³/mol. The van der Waals surface area contributed by atoms with Gasteiger partial charge in [-0.25, -0.2) is 14.5 Å². The van der Waals surface area contributed by atoms with Gasteiger partial charge in [0.25, 0.3) is 0 Å². The van der Waals surface area contributed by atoms with Crippen LogP contribution in [0.3, 0.4) is 0 Å². The Morgan fingerprint density at radius 2 is 1.20 bits per heavy atom. The summed E-state index contributed by atoms with van der Waals surface area (Å²) in [5.74, 6) is 0.640. The highest BCUT2D eigenvalue weighted by molar-refractivity contribution is 6.10. The van der Waals surface area contributed by atoms with Crippen LogP contribution in [0, 0.1) is 0 Å². The summed E-state index contributed by atoms with van der Waals surface area (Å²) in [6, 6.07) is 43.5. The fourth-order valence-corrected chi connectivity index (χ4v) is 5.53. The first-order valence-corrected chi connectivity index (χ1v) is 13.6. The molecule has 8 aromatic rings. The highest BCUT2D eigenvalue weighted by Crippen LogP contribution is 2.34. The number of hydrogen-bond acceptors (Lipinski definition) is 4. The Morgan fingerprint density at radius 1 is 0.512 bits per heavy atom. The van der Waals surface area contributed by atoms with Gasteiger partial charge in [0.05, 0.1) is 16.9 Å². The van der Waals surface area contributed by atoms with E-state index < -0.39 is 0 Å². The van der Waals surface area contributed by atoms with Gasteiger partial charge >= 0.3 is 0 Å². The fraction of sp³-hybridized carbons (Fsp3) is 0. The van der Waals surface area contributed by atoms with Crippen molar-refractivity contribution < 1.29 is 0 Å². The second-order valence-corrected chi connectivity index (χ2v) is 10.0. The van der Waals surface area contributed by atoms with Crippen molar-refractivity contribution >= 4 is 27.3 Å². The number of benzene rings is 4. The van der Waals surface area contributed by atoms with Crippen molar-refractivity contribution in [2.45, 2.75) is 0 Å². The Kier molecular flexibility index (Phi) is 5.38. The topological polar surface area (TPSA) is 56.0 Å². The molecule has 5 heteroatoms. The van der Waals surface area contributed by atoms with E-state index in [4.69, 9.17) is 20.1 Å². The van der Waals surface area contributed by atoms with Gasteiger partial charge in [-0.1, -0.05) is 103 Å². The monoisotopic (exact) mass is 525 g/mol. The number of rotatable bonds is 4. The lowest BCUT2D eigenvalue weighted by Gasteiger charge is -2.09. The van der Waals surface area contributed by atoms with Crippen LogP contribution in [0.4, 0.5) is 0 Å². The second-order valence-electron chi connectivity index (χ2n) is 10.0.